The molecule has 1 rings (SSSR count). The second-order valence-electron chi connectivity index (χ2n) is 5.21. The maximum atomic E-state index is 12.7. The van der Waals surface area contributed by atoms with Crippen LogP contribution >= 0.6 is 11.5 Å². The molecule has 0 spiro atoms. The van der Waals surface area contributed by atoms with Crippen molar-refractivity contribution >= 4 is 28.3 Å². The molecule has 21 heavy (non-hydrogen) atoms. The molecule has 0 saturated carbocycles. The number of nitrogen functional groups attached to an aromatic ring is 1. The number of nitrogens with one attached hydrogen (secondary N) is 1. The van der Waals surface area contributed by atoms with Gasteiger partial charge in [-0.25, -0.2) is 0 Å². The van der Waals surface area contributed by atoms with E-state index in [1.807, 2.05) is 0 Å². The van der Waals surface area contributed by atoms with E-state index in [0.717, 1.165) is 16.4 Å². The third kappa shape index (κ3) is 4.76. The van der Waals surface area contributed by atoms with Crippen LogP contribution in [0.5, 0.6) is 0 Å². The van der Waals surface area contributed by atoms with Crippen LogP contribution in [0.4, 0.5) is 24.0 Å². The summed E-state index contributed by atoms with van der Waals surface area (Å²) in [5.41, 5.74) is 5.66. The van der Waals surface area contributed by atoms with Gasteiger partial charge in [0.1, 0.15) is 17.1 Å². The lowest BCUT2D eigenvalue weighted by atomic mass is 10.2. The van der Waals surface area contributed by atoms with E-state index in [2.05, 4.69) is 9.69 Å². The number of halogens is 3. The van der Waals surface area contributed by atoms with Crippen molar-refractivity contribution in [3.63, 3.8) is 0 Å². The van der Waals surface area contributed by atoms with Crippen molar-refractivity contribution in [1.29, 1.82) is 0 Å². The van der Waals surface area contributed by atoms with Crippen LogP contribution in [0, 0.1) is 0 Å². The van der Waals surface area contributed by atoms with Gasteiger partial charge in [-0.2, -0.15) is 17.5 Å². The minimum absolute atomic E-state index is 0.00616. The summed E-state index contributed by atoms with van der Waals surface area (Å²) in [5, 5.41) is 2.76. The Morgan fingerprint density at radius 3 is 2.38 bits per heavy atom. The first-order chi connectivity index (χ1) is 9.53. The number of anilines is 2. The third-order valence-corrected chi connectivity index (χ3v) is 3.48. The molecular formula is C12H19F3N4OS. The molecule has 1 aromatic heterocycles. The number of carbonyl (C=O) groups excluding carboxylic acids is 1. The Labute approximate surface area is 125 Å². The molecule has 0 bridgehead atoms. The molecule has 0 fully saturated rings. The summed E-state index contributed by atoms with van der Waals surface area (Å²) in [6.45, 7) is 5.58. The monoisotopic (exact) mass is 324 g/mol. The molecule has 0 aromatic carbocycles. The predicted octanol–water partition coefficient (Wildman–Crippen LogP) is 2.64. The molecule has 0 unspecified atom stereocenters. The van der Waals surface area contributed by atoms with Gasteiger partial charge in [-0.15, -0.1) is 0 Å². The van der Waals surface area contributed by atoms with Crippen molar-refractivity contribution < 1.29 is 18.0 Å². The fourth-order valence-electron chi connectivity index (χ4n) is 1.72. The standard InChI is InChI=1S/C12H19F3N4OS/c1-6(2)17-10(20)8-9(16)18-21-11(8)19(7(3)4)5-12(13,14)15/h6-7H,5H2,1-4H3,(H2,16,18)(H,17,20). The Balaban J connectivity index is 3.18. The SMILES string of the molecule is CC(C)NC(=O)c1c(N)nsc1N(CC(F)(F)F)C(C)C. The van der Waals surface area contributed by atoms with Crippen LogP contribution < -0.4 is 16.0 Å². The number of nitrogens with two attached hydrogens (primary N) is 1. The molecule has 0 saturated heterocycles. The Morgan fingerprint density at radius 2 is 1.95 bits per heavy atom. The smallest absolute Gasteiger partial charge is 0.382 e. The summed E-state index contributed by atoms with van der Waals surface area (Å²) >= 11 is 0.799. The number of hydrogen-bond donors (Lipinski definition) is 2. The predicted molar refractivity (Wildman–Crippen MR) is 77.7 cm³/mol. The number of hydrogen-bond acceptors (Lipinski definition) is 5. The fourth-order valence-corrected chi connectivity index (χ4v) is 2.66. The van der Waals surface area contributed by atoms with Crippen molar-refractivity contribution in [1.82, 2.24) is 9.69 Å². The lowest BCUT2D eigenvalue weighted by Gasteiger charge is -2.28. The highest BCUT2D eigenvalue weighted by atomic mass is 32.1. The Kier molecular flexibility index (Phi) is 5.43. The summed E-state index contributed by atoms with van der Waals surface area (Å²) in [7, 11) is 0. The Bertz CT molecular complexity index is 499. The first kappa shape index (κ1) is 17.5. The molecule has 3 N–H and O–H groups in total. The molecule has 1 heterocycles. The summed E-state index contributed by atoms with van der Waals surface area (Å²) < 4.78 is 42.0. The zero-order chi connectivity index (χ0) is 16.4. The van der Waals surface area contributed by atoms with E-state index < -0.39 is 24.7 Å². The Morgan fingerprint density at radius 1 is 1.38 bits per heavy atom. The average molecular weight is 324 g/mol. The zero-order valence-electron chi connectivity index (χ0n) is 12.3. The lowest BCUT2D eigenvalue weighted by molar-refractivity contribution is -0.120. The van der Waals surface area contributed by atoms with Gasteiger partial charge in [0.15, 0.2) is 5.82 Å². The van der Waals surface area contributed by atoms with Crippen molar-refractivity contribution in [3.05, 3.63) is 5.56 Å². The molecule has 5 nitrogen and oxygen atoms in total. The normalized spacial score (nSPS) is 12.0. The maximum Gasteiger partial charge on any atom is 0.405 e. The topological polar surface area (TPSA) is 71.2 Å². The highest BCUT2D eigenvalue weighted by Crippen LogP contribution is 2.34. The van der Waals surface area contributed by atoms with Crippen molar-refractivity contribution in [2.45, 2.75) is 46.0 Å². The molecule has 120 valence electrons. The molecule has 0 atom stereocenters. The van der Waals surface area contributed by atoms with E-state index in [1.54, 1.807) is 27.7 Å². The average Bonchev–Trinajstić information content (AvgIpc) is 2.65. The third-order valence-electron chi connectivity index (χ3n) is 2.58. The van der Waals surface area contributed by atoms with Crippen molar-refractivity contribution in [2.75, 3.05) is 17.2 Å². The van der Waals surface area contributed by atoms with Crippen LogP contribution in [0.25, 0.3) is 0 Å². The largest absolute Gasteiger partial charge is 0.405 e. The molecule has 0 aliphatic heterocycles. The number of carbonyl (C=O) groups is 1. The van der Waals surface area contributed by atoms with Gasteiger partial charge < -0.3 is 16.0 Å². The highest BCUT2D eigenvalue weighted by molar-refractivity contribution is 7.11. The van der Waals surface area contributed by atoms with Crippen LogP contribution in [0.3, 0.4) is 0 Å². The van der Waals surface area contributed by atoms with Crippen molar-refractivity contribution in [3.8, 4) is 0 Å². The number of nitrogens with zero attached hydrogens (tertiary/aromatic N) is 2. The van der Waals surface area contributed by atoms with Gasteiger partial charge in [0.25, 0.3) is 5.91 Å². The van der Waals surface area contributed by atoms with E-state index in [0.29, 0.717) is 0 Å². The molecule has 9 heteroatoms. The number of aromatic nitrogens is 1. The highest BCUT2D eigenvalue weighted by Gasteiger charge is 2.35. The van der Waals surface area contributed by atoms with Crippen LogP contribution in [0.15, 0.2) is 0 Å². The van der Waals surface area contributed by atoms with Crippen LogP contribution in [-0.2, 0) is 0 Å². The van der Waals surface area contributed by atoms with Gasteiger partial charge in [-0.1, -0.05) is 0 Å². The molecule has 1 amide bonds. The van der Waals surface area contributed by atoms with E-state index in [1.165, 1.54) is 0 Å². The summed E-state index contributed by atoms with van der Waals surface area (Å²) in [6, 6.07) is -0.600. The van der Waals surface area contributed by atoms with Crippen LogP contribution in [-0.4, -0.2) is 35.1 Å². The number of rotatable bonds is 5. The molecule has 0 aliphatic rings. The maximum absolute atomic E-state index is 12.7. The summed E-state index contributed by atoms with van der Waals surface area (Å²) in [5.74, 6) is -0.569. The van der Waals surface area contributed by atoms with E-state index in [-0.39, 0.29) is 22.4 Å². The van der Waals surface area contributed by atoms with Gasteiger partial charge in [-0.05, 0) is 39.2 Å². The zero-order valence-corrected chi connectivity index (χ0v) is 13.1. The van der Waals surface area contributed by atoms with Crippen molar-refractivity contribution in [2.24, 2.45) is 0 Å². The van der Waals surface area contributed by atoms with Gasteiger partial charge in [0.05, 0.1) is 0 Å². The fraction of sp³-hybridized carbons (Fsp3) is 0.667. The van der Waals surface area contributed by atoms with Crippen LogP contribution in [0.1, 0.15) is 38.1 Å². The number of alkyl halides is 3. The van der Waals surface area contributed by atoms with E-state index in [9.17, 15) is 18.0 Å². The van der Waals surface area contributed by atoms with E-state index >= 15 is 0 Å². The number of amides is 1. The Hall–Kier alpha value is -1.51. The first-order valence-electron chi connectivity index (χ1n) is 6.42. The van der Waals surface area contributed by atoms with Gasteiger partial charge in [-0.3, -0.25) is 4.79 Å². The molecular weight excluding hydrogens is 305 g/mol. The lowest BCUT2D eigenvalue weighted by Crippen LogP contribution is -2.40. The second kappa shape index (κ2) is 6.50. The van der Waals surface area contributed by atoms with Gasteiger partial charge in [0.2, 0.25) is 0 Å². The second-order valence-corrected chi connectivity index (χ2v) is 5.96. The summed E-state index contributed by atoms with van der Waals surface area (Å²) in [4.78, 5) is 13.2. The molecule has 0 radical (unpaired) electrons. The quantitative estimate of drug-likeness (QED) is 0.873. The molecule has 0 aliphatic carbocycles. The first-order valence-corrected chi connectivity index (χ1v) is 7.19. The van der Waals surface area contributed by atoms with Gasteiger partial charge in [0, 0.05) is 12.1 Å². The van der Waals surface area contributed by atoms with Gasteiger partial charge >= 0.3 is 6.18 Å². The minimum atomic E-state index is -4.38. The minimum Gasteiger partial charge on any atom is -0.382 e. The summed E-state index contributed by atoms with van der Waals surface area (Å²) in [6.07, 6.45) is -4.38. The van der Waals surface area contributed by atoms with Crippen LogP contribution in [0.2, 0.25) is 0 Å². The molecule has 1 aromatic rings. The van der Waals surface area contributed by atoms with E-state index in [4.69, 9.17) is 5.73 Å².